The van der Waals surface area contributed by atoms with Gasteiger partial charge in [0.1, 0.15) is 5.82 Å². The second kappa shape index (κ2) is 6.33. The SMILES string of the molecule is CC(NS(=O)(=O)CCCCl)c1ccccc1F. The minimum Gasteiger partial charge on any atom is -0.212 e. The minimum absolute atomic E-state index is 0.0463. The Hall–Kier alpha value is -0.650. The molecule has 1 unspecified atom stereocenters. The lowest BCUT2D eigenvalue weighted by atomic mass is 10.1. The Morgan fingerprint density at radius 3 is 2.65 bits per heavy atom. The monoisotopic (exact) mass is 279 g/mol. The van der Waals surface area contributed by atoms with Gasteiger partial charge in [0.05, 0.1) is 5.75 Å². The smallest absolute Gasteiger partial charge is 0.212 e. The molecule has 0 saturated carbocycles. The summed E-state index contributed by atoms with van der Waals surface area (Å²) in [4.78, 5) is 0. The van der Waals surface area contributed by atoms with Crippen molar-refractivity contribution in [3.8, 4) is 0 Å². The molecule has 0 radical (unpaired) electrons. The van der Waals surface area contributed by atoms with E-state index >= 15 is 0 Å². The molecule has 96 valence electrons. The summed E-state index contributed by atoms with van der Waals surface area (Å²) in [6, 6.07) is 5.51. The summed E-state index contributed by atoms with van der Waals surface area (Å²) in [5.41, 5.74) is 0.335. The van der Waals surface area contributed by atoms with Crippen LogP contribution in [0.1, 0.15) is 24.9 Å². The predicted molar refractivity (Wildman–Crippen MR) is 67.1 cm³/mol. The fourth-order valence-corrected chi connectivity index (χ4v) is 3.06. The number of sulfonamides is 1. The number of nitrogens with one attached hydrogen (secondary N) is 1. The van der Waals surface area contributed by atoms with Crippen molar-refractivity contribution in [2.75, 3.05) is 11.6 Å². The van der Waals surface area contributed by atoms with Crippen LogP contribution in [0.4, 0.5) is 4.39 Å². The molecule has 3 nitrogen and oxygen atoms in total. The van der Waals surface area contributed by atoms with Gasteiger partial charge in [-0.15, -0.1) is 11.6 Å². The largest absolute Gasteiger partial charge is 0.212 e. The van der Waals surface area contributed by atoms with Gasteiger partial charge < -0.3 is 0 Å². The Labute approximate surface area is 106 Å². The first-order valence-corrected chi connectivity index (χ1v) is 7.45. The van der Waals surface area contributed by atoms with Gasteiger partial charge in [-0.25, -0.2) is 17.5 Å². The van der Waals surface area contributed by atoms with Crippen molar-refractivity contribution >= 4 is 21.6 Å². The van der Waals surface area contributed by atoms with Crippen molar-refractivity contribution in [3.05, 3.63) is 35.6 Å². The molecule has 0 heterocycles. The molecule has 1 aromatic rings. The average molecular weight is 280 g/mol. The highest BCUT2D eigenvalue weighted by Crippen LogP contribution is 2.17. The quantitative estimate of drug-likeness (QED) is 0.813. The van der Waals surface area contributed by atoms with Crippen LogP contribution in [0, 0.1) is 5.82 Å². The van der Waals surface area contributed by atoms with Crippen molar-refractivity contribution in [1.82, 2.24) is 4.72 Å². The van der Waals surface area contributed by atoms with Crippen molar-refractivity contribution in [1.29, 1.82) is 0 Å². The zero-order chi connectivity index (χ0) is 12.9. The van der Waals surface area contributed by atoms with Gasteiger partial charge in [-0.2, -0.15) is 0 Å². The third kappa shape index (κ3) is 4.61. The third-order valence-corrected chi connectivity index (χ3v) is 4.08. The van der Waals surface area contributed by atoms with E-state index in [2.05, 4.69) is 4.72 Å². The molecule has 0 aliphatic rings. The van der Waals surface area contributed by atoms with Crippen LogP contribution in [0.3, 0.4) is 0 Å². The first-order valence-electron chi connectivity index (χ1n) is 5.26. The summed E-state index contributed by atoms with van der Waals surface area (Å²) in [6.07, 6.45) is 0.376. The summed E-state index contributed by atoms with van der Waals surface area (Å²) in [5.74, 6) is -0.176. The molecule has 1 N–H and O–H groups in total. The van der Waals surface area contributed by atoms with Crippen molar-refractivity contribution in [2.45, 2.75) is 19.4 Å². The van der Waals surface area contributed by atoms with Crippen LogP contribution in [0.15, 0.2) is 24.3 Å². The molecule has 0 bridgehead atoms. The highest BCUT2D eigenvalue weighted by Gasteiger charge is 2.17. The fourth-order valence-electron chi connectivity index (χ4n) is 1.46. The Balaban J connectivity index is 2.73. The maximum atomic E-state index is 13.4. The Kier molecular flexibility index (Phi) is 5.36. The van der Waals surface area contributed by atoms with Crippen LogP contribution in [0.2, 0.25) is 0 Å². The van der Waals surface area contributed by atoms with E-state index in [4.69, 9.17) is 11.6 Å². The maximum absolute atomic E-state index is 13.4. The van der Waals surface area contributed by atoms with Gasteiger partial charge in [0.15, 0.2) is 0 Å². The topological polar surface area (TPSA) is 46.2 Å². The molecule has 17 heavy (non-hydrogen) atoms. The molecule has 0 saturated heterocycles. The van der Waals surface area contributed by atoms with Gasteiger partial charge in [0, 0.05) is 17.5 Å². The molecule has 0 spiro atoms. The second-order valence-electron chi connectivity index (χ2n) is 3.72. The van der Waals surface area contributed by atoms with Crippen LogP contribution in [-0.4, -0.2) is 20.1 Å². The number of hydrogen-bond acceptors (Lipinski definition) is 2. The molecule has 0 amide bonds. The summed E-state index contributed by atoms with van der Waals surface area (Å²) in [6.45, 7) is 1.61. The minimum atomic E-state index is -3.41. The number of rotatable bonds is 6. The number of alkyl halides is 1. The molecular formula is C11H15ClFNO2S. The van der Waals surface area contributed by atoms with E-state index in [1.54, 1.807) is 25.1 Å². The lowest BCUT2D eigenvalue weighted by molar-refractivity contribution is 0.549. The first kappa shape index (κ1) is 14.4. The van der Waals surface area contributed by atoms with Crippen LogP contribution in [-0.2, 0) is 10.0 Å². The third-order valence-electron chi connectivity index (χ3n) is 2.27. The molecule has 1 aromatic carbocycles. The van der Waals surface area contributed by atoms with Gasteiger partial charge in [-0.1, -0.05) is 18.2 Å². The highest BCUT2D eigenvalue weighted by atomic mass is 35.5. The normalized spacial score (nSPS) is 13.6. The van der Waals surface area contributed by atoms with Crippen LogP contribution >= 0.6 is 11.6 Å². The summed E-state index contributed by atoms with van der Waals surface area (Å²) in [5, 5.41) is 0. The van der Waals surface area contributed by atoms with Crippen molar-refractivity contribution in [2.24, 2.45) is 0 Å². The fraction of sp³-hybridized carbons (Fsp3) is 0.455. The predicted octanol–water partition coefficient (Wildman–Crippen LogP) is 2.44. The van der Waals surface area contributed by atoms with E-state index in [0.717, 1.165) is 0 Å². The van der Waals surface area contributed by atoms with Crippen LogP contribution in [0.5, 0.6) is 0 Å². The lowest BCUT2D eigenvalue weighted by Crippen LogP contribution is -2.29. The molecule has 1 atom stereocenters. The number of hydrogen-bond donors (Lipinski definition) is 1. The molecule has 0 aromatic heterocycles. The van der Waals surface area contributed by atoms with Crippen molar-refractivity contribution in [3.63, 3.8) is 0 Å². The van der Waals surface area contributed by atoms with Gasteiger partial charge in [-0.3, -0.25) is 0 Å². The van der Waals surface area contributed by atoms with Gasteiger partial charge in [0.25, 0.3) is 0 Å². The number of halogens is 2. The Morgan fingerprint density at radius 2 is 2.06 bits per heavy atom. The molecule has 6 heteroatoms. The van der Waals surface area contributed by atoms with Crippen LogP contribution < -0.4 is 4.72 Å². The van der Waals surface area contributed by atoms with E-state index in [1.165, 1.54) is 6.07 Å². The maximum Gasteiger partial charge on any atom is 0.212 e. The first-order chi connectivity index (χ1) is 7.96. The summed E-state index contributed by atoms with van der Waals surface area (Å²) >= 11 is 5.43. The lowest BCUT2D eigenvalue weighted by Gasteiger charge is -2.14. The van der Waals surface area contributed by atoms with E-state index in [9.17, 15) is 12.8 Å². The summed E-state index contributed by atoms with van der Waals surface area (Å²) < 4.78 is 39.0. The van der Waals surface area contributed by atoms with Crippen LogP contribution in [0.25, 0.3) is 0 Å². The van der Waals surface area contributed by atoms with E-state index in [1.807, 2.05) is 0 Å². The molecular weight excluding hydrogens is 265 g/mol. The molecule has 0 aliphatic heterocycles. The molecule has 1 rings (SSSR count). The Morgan fingerprint density at radius 1 is 1.41 bits per heavy atom. The van der Waals surface area contributed by atoms with Gasteiger partial charge >= 0.3 is 0 Å². The van der Waals surface area contributed by atoms with Crippen molar-refractivity contribution < 1.29 is 12.8 Å². The molecule has 0 aliphatic carbocycles. The zero-order valence-electron chi connectivity index (χ0n) is 9.49. The van der Waals surface area contributed by atoms with E-state index in [0.29, 0.717) is 12.0 Å². The summed E-state index contributed by atoms with van der Waals surface area (Å²) in [7, 11) is -3.41. The van der Waals surface area contributed by atoms with E-state index in [-0.39, 0.29) is 11.6 Å². The zero-order valence-corrected chi connectivity index (χ0v) is 11.1. The Bertz CT molecular complexity index is 464. The second-order valence-corrected chi connectivity index (χ2v) is 5.97. The van der Waals surface area contributed by atoms with Gasteiger partial charge in [-0.05, 0) is 19.4 Å². The highest BCUT2D eigenvalue weighted by molar-refractivity contribution is 7.89. The van der Waals surface area contributed by atoms with Gasteiger partial charge in [0.2, 0.25) is 10.0 Å². The standard InChI is InChI=1S/C11H15ClFNO2S/c1-9(10-5-2-3-6-11(10)13)14-17(15,16)8-4-7-12/h2-3,5-6,9,14H,4,7-8H2,1H3. The van der Waals surface area contributed by atoms with E-state index < -0.39 is 21.9 Å². The average Bonchev–Trinajstić information content (AvgIpc) is 2.26. The molecule has 0 fully saturated rings. The number of benzene rings is 1.